The number of rotatable bonds is 6. The second-order valence-electron chi connectivity index (χ2n) is 9.67. The van der Waals surface area contributed by atoms with Crippen molar-refractivity contribution in [2.75, 3.05) is 26.7 Å². The Morgan fingerprint density at radius 1 is 1.38 bits per heavy atom. The molecular weight excluding hydrogens is 563 g/mol. The number of pyridine rings is 1. The van der Waals surface area contributed by atoms with Crippen LogP contribution in [0.3, 0.4) is 0 Å². The lowest BCUT2D eigenvalue weighted by molar-refractivity contribution is -0.130. The van der Waals surface area contributed by atoms with Crippen LogP contribution >= 0.6 is 27.5 Å². The second-order valence-corrected chi connectivity index (χ2v) is 10.9. The van der Waals surface area contributed by atoms with Gasteiger partial charge in [0.25, 0.3) is 0 Å². The van der Waals surface area contributed by atoms with Crippen molar-refractivity contribution in [1.82, 2.24) is 24.3 Å². The highest BCUT2D eigenvalue weighted by molar-refractivity contribution is 9.10. The van der Waals surface area contributed by atoms with E-state index in [-0.39, 0.29) is 51.3 Å². The number of carbonyl (C=O) groups is 1. The zero-order valence-corrected chi connectivity index (χ0v) is 22.8. The molecule has 0 aliphatic carbocycles. The fraction of sp³-hybridized carbons (Fsp3) is 0.462. The summed E-state index contributed by atoms with van der Waals surface area (Å²) >= 11 is 9.60. The van der Waals surface area contributed by atoms with Crippen molar-refractivity contribution in [1.29, 1.82) is 5.26 Å². The van der Waals surface area contributed by atoms with Crippen molar-refractivity contribution in [3.05, 3.63) is 40.4 Å². The average molecular weight is 590 g/mol. The van der Waals surface area contributed by atoms with Crippen LogP contribution < -0.4 is 4.74 Å². The molecule has 0 bridgehead atoms. The van der Waals surface area contributed by atoms with Gasteiger partial charge in [-0.05, 0) is 67.3 Å². The summed E-state index contributed by atoms with van der Waals surface area (Å²) in [5.74, 6) is -0.466. The van der Waals surface area contributed by atoms with E-state index in [1.165, 1.54) is 6.08 Å². The highest BCUT2D eigenvalue weighted by atomic mass is 79.9. The largest absolute Gasteiger partial charge is 0.474 e. The Morgan fingerprint density at radius 2 is 2.19 bits per heavy atom. The van der Waals surface area contributed by atoms with Gasteiger partial charge in [0, 0.05) is 30.1 Å². The molecule has 194 valence electrons. The van der Waals surface area contributed by atoms with Crippen molar-refractivity contribution >= 4 is 55.4 Å². The number of imidazole rings is 1. The number of piperidine rings is 1. The minimum absolute atomic E-state index is 0.0675. The normalized spacial score (nSPS) is 22.5. The number of carbonyl (C=O) groups excluding carboxylic acids is 1. The summed E-state index contributed by atoms with van der Waals surface area (Å²) in [4.78, 5) is 25.5. The molecule has 2 fully saturated rings. The van der Waals surface area contributed by atoms with E-state index < -0.39 is 5.82 Å². The van der Waals surface area contributed by atoms with Gasteiger partial charge in [0.15, 0.2) is 11.3 Å². The number of amides is 1. The Morgan fingerprint density at radius 3 is 2.89 bits per heavy atom. The number of benzene rings is 1. The number of fused-ring (bicyclic) bond motifs is 3. The number of likely N-dealkylation sites (N-methyl/N-ethyl adjacent to an activating group) is 1. The Bertz CT molecular complexity index is 1420. The number of nitrogens with zero attached hydrogens (tertiary/aromatic N) is 6. The minimum atomic E-state index is -0.561. The molecule has 8 nitrogen and oxygen atoms in total. The fourth-order valence-electron chi connectivity index (χ4n) is 5.55. The summed E-state index contributed by atoms with van der Waals surface area (Å²) in [6.45, 7) is 5.51. The van der Waals surface area contributed by atoms with Gasteiger partial charge in [-0.15, -0.1) is 0 Å². The number of halogens is 3. The van der Waals surface area contributed by atoms with E-state index >= 15 is 4.39 Å². The molecule has 3 aromatic rings. The van der Waals surface area contributed by atoms with Gasteiger partial charge >= 0.3 is 0 Å². The maximum atomic E-state index is 15.4. The van der Waals surface area contributed by atoms with E-state index in [2.05, 4.69) is 50.5 Å². The first kappa shape index (κ1) is 25.9. The van der Waals surface area contributed by atoms with Crippen LogP contribution in [-0.2, 0) is 4.79 Å². The zero-order valence-electron chi connectivity index (χ0n) is 20.5. The SMILES string of the molecule is C=CC(=O)N1CCC(n2cnc3c(OC[C@@H]4CCCN4C)nc4c(F)c(Br)c(Cl)cc4c32)CC1CC#N. The number of likely N-dealkylation sites (tertiary alicyclic amines) is 2. The van der Waals surface area contributed by atoms with E-state index in [4.69, 9.17) is 16.3 Å². The summed E-state index contributed by atoms with van der Waals surface area (Å²) in [6, 6.07) is 3.82. The third-order valence-corrected chi connectivity index (χ3v) is 8.85. The molecule has 2 aromatic heterocycles. The first-order valence-corrected chi connectivity index (χ1v) is 13.5. The van der Waals surface area contributed by atoms with E-state index in [0.717, 1.165) is 19.4 Å². The Hall–Kier alpha value is -2.74. The van der Waals surface area contributed by atoms with Crippen molar-refractivity contribution in [2.24, 2.45) is 0 Å². The quantitative estimate of drug-likeness (QED) is 0.289. The van der Waals surface area contributed by atoms with Gasteiger partial charge in [0.05, 0.1) is 33.8 Å². The molecule has 37 heavy (non-hydrogen) atoms. The minimum Gasteiger partial charge on any atom is -0.474 e. The van der Waals surface area contributed by atoms with Crippen LogP contribution in [0.5, 0.6) is 5.88 Å². The maximum absolute atomic E-state index is 15.4. The smallest absolute Gasteiger partial charge is 0.246 e. The first-order valence-electron chi connectivity index (χ1n) is 12.3. The number of hydrogen-bond donors (Lipinski definition) is 0. The zero-order chi connectivity index (χ0) is 26.3. The number of ether oxygens (including phenoxy) is 1. The molecule has 5 rings (SSSR count). The average Bonchev–Trinajstić information content (AvgIpc) is 3.52. The molecule has 2 aliphatic rings. The van der Waals surface area contributed by atoms with E-state index in [1.54, 1.807) is 17.3 Å². The van der Waals surface area contributed by atoms with Crippen molar-refractivity contribution in [3.8, 4) is 11.9 Å². The third kappa shape index (κ3) is 4.69. The first-order chi connectivity index (χ1) is 17.8. The molecule has 3 atom stereocenters. The molecule has 2 unspecified atom stereocenters. The number of hydrogen-bond acceptors (Lipinski definition) is 6. The predicted octanol–water partition coefficient (Wildman–Crippen LogP) is 5.24. The van der Waals surface area contributed by atoms with E-state index in [1.807, 2.05) is 4.57 Å². The lowest BCUT2D eigenvalue weighted by atomic mass is 9.94. The Kier molecular flexibility index (Phi) is 7.39. The molecule has 0 saturated carbocycles. The molecular formula is C26H27BrClFN6O2. The fourth-order valence-corrected chi connectivity index (χ4v) is 6.04. The lowest BCUT2D eigenvalue weighted by Crippen LogP contribution is -2.45. The Labute approximate surface area is 227 Å². The van der Waals surface area contributed by atoms with Gasteiger partial charge in [0.1, 0.15) is 12.1 Å². The van der Waals surface area contributed by atoms with Crippen molar-refractivity contribution < 1.29 is 13.9 Å². The van der Waals surface area contributed by atoms with Crippen molar-refractivity contribution in [2.45, 2.75) is 50.2 Å². The summed E-state index contributed by atoms with van der Waals surface area (Å²) < 4.78 is 23.7. The van der Waals surface area contributed by atoms with Gasteiger partial charge in [-0.1, -0.05) is 18.2 Å². The number of nitriles is 1. The van der Waals surface area contributed by atoms with Crippen LogP contribution in [0.2, 0.25) is 5.02 Å². The summed E-state index contributed by atoms with van der Waals surface area (Å²) in [5.41, 5.74) is 1.36. The highest BCUT2D eigenvalue weighted by Crippen LogP contribution is 2.40. The maximum Gasteiger partial charge on any atom is 0.246 e. The van der Waals surface area contributed by atoms with Crippen LogP contribution in [-0.4, -0.2) is 69.1 Å². The van der Waals surface area contributed by atoms with Crippen LogP contribution in [0.25, 0.3) is 21.9 Å². The summed E-state index contributed by atoms with van der Waals surface area (Å²) in [7, 11) is 2.07. The molecule has 1 aromatic carbocycles. The highest BCUT2D eigenvalue weighted by Gasteiger charge is 2.33. The van der Waals surface area contributed by atoms with Gasteiger partial charge in [-0.3, -0.25) is 4.79 Å². The van der Waals surface area contributed by atoms with Crippen LogP contribution in [0.4, 0.5) is 4.39 Å². The standard InChI is InChI=1S/C26H27BrClFN6O2/c1-3-20(36)34-10-7-16(11-15(34)6-8-30)35-14-31-24-25(35)18-12-19(28)21(27)22(29)23(18)32-26(24)37-13-17-5-4-9-33(17)2/h3,12,14-17H,1,4-7,9-11,13H2,2H3/t15?,16?,17-/m0/s1. The predicted molar refractivity (Wildman–Crippen MR) is 143 cm³/mol. The van der Waals surface area contributed by atoms with Gasteiger partial charge < -0.3 is 19.1 Å². The van der Waals surface area contributed by atoms with Gasteiger partial charge in [-0.25, -0.2) is 14.4 Å². The van der Waals surface area contributed by atoms with E-state index in [0.29, 0.717) is 42.4 Å². The van der Waals surface area contributed by atoms with Gasteiger partial charge in [-0.2, -0.15) is 5.26 Å². The number of aromatic nitrogens is 3. The molecule has 2 aliphatic heterocycles. The lowest BCUT2D eigenvalue weighted by Gasteiger charge is -2.38. The monoisotopic (exact) mass is 588 g/mol. The summed E-state index contributed by atoms with van der Waals surface area (Å²) in [5, 5.41) is 10.2. The van der Waals surface area contributed by atoms with Crippen molar-refractivity contribution in [3.63, 3.8) is 0 Å². The molecule has 0 N–H and O–H groups in total. The Balaban J connectivity index is 1.60. The topological polar surface area (TPSA) is 87.3 Å². The van der Waals surface area contributed by atoms with E-state index in [9.17, 15) is 10.1 Å². The second kappa shape index (κ2) is 10.6. The molecule has 0 radical (unpaired) electrons. The molecule has 1 amide bonds. The van der Waals surface area contributed by atoms with Crippen LogP contribution in [0, 0.1) is 17.1 Å². The molecule has 0 spiro atoms. The molecule has 4 heterocycles. The molecule has 11 heteroatoms. The van der Waals surface area contributed by atoms with Crippen LogP contribution in [0.1, 0.15) is 38.1 Å². The van der Waals surface area contributed by atoms with Crippen LogP contribution in [0.15, 0.2) is 29.5 Å². The summed E-state index contributed by atoms with van der Waals surface area (Å²) in [6.07, 6.45) is 6.54. The third-order valence-electron chi connectivity index (χ3n) is 7.55. The molecule has 2 saturated heterocycles. The van der Waals surface area contributed by atoms with Gasteiger partial charge in [0.2, 0.25) is 11.8 Å².